The highest BCUT2D eigenvalue weighted by atomic mass is 32.2. The highest BCUT2D eigenvalue weighted by molar-refractivity contribution is 7.89. The standard InChI is InChI=1S/C11H15N3O6S/c1-7(2)13-11(15)6-20-9-4-3-8(14(16)17)5-10(9)21(12,18)19/h3-5,7H,6H2,1-2H3,(H,13,15)(H2,12,18,19). The maximum atomic E-state index is 11.4. The van der Waals surface area contributed by atoms with Crippen molar-refractivity contribution in [3.63, 3.8) is 0 Å². The first-order valence-corrected chi connectivity index (χ1v) is 7.39. The molecule has 0 aliphatic rings. The van der Waals surface area contributed by atoms with Crippen molar-refractivity contribution in [2.45, 2.75) is 24.8 Å². The molecule has 21 heavy (non-hydrogen) atoms. The Balaban J connectivity index is 3.02. The Bertz CT molecular complexity index is 656. The topological polar surface area (TPSA) is 142 Å². The van der Waals surface area contributed by atoms with Gasteiger partial charge in [-0.25, -0.2) is 13.6 Å². The lowest BCUT2D eigenvalue weighted by molar-refractivity contribution is -0.385. The van der Waals surface area contributed by atoms with Gasteiger partial charge in [0.25, 0.3) is 11.6 Å². The third-order valence-electron chi connectivity index (χ3n) is 2.25. The second kappa shape index (κ2) is 6.50. The molecule has 0 aliphatic heterocycles. The molecule has 116 valence electrons. The summed E-state index contributed by atoms with van der Waals surface area (Å²) in [5.74, 6) is -0.675. The average Bonchev–Trinajstić information content (AvgIpc) is 2.34. The first-order chi connectivity index (χ1) is 9.61. The number of hydrogen-bond donors (Lipinski definition) is 2. The number of rotatable bonds is 6. The molecule has 0 heterocycles. The number of carbonyl (C=O) groups is 1. The number of nitro groups is 1. The number of carbonyl (C=O) groups excluding carboxylic acids is 1. The van der Waals surface area contributed by atoms with Crippen LogP contribution in [-0.4, -0.2) is 31.9 Å². The fraction of sp³-hybridized carbons (Fsp3) is 0.364. The highest BCUT2D eigenvalue weighted by Crippen LogP contribution is 2.27. The van der Waals surface area contributed by atoms with Crippen LogP contribution >= 0.6 is 0 Å². The van der Waals surface area contributed by atoms with Crippen molar-refractivity contribution in [1.29, 1.82) is 0 Å². The maximum Gasteiger partial charge on any atom is 0.271 e. The van der Waals surface area contributed by atoms with E-state index in [-0.39, 0.29) is 11.8 Å². The van der Waals surface area contributed by atoms with E-state index < -0.39 is 38.0 Å². The van der Waals surface area contributed by atoms with Crippen molar-refractivity contribution in [3.05, 3.63) is 28.3 Å². The van der Waals surface area contributed by atoms with Crippen LogP contribution in [0.15, 0.2) is 23.1 Å². The number of primary sulfonamides is 1. The number of ether oxygens (including phenoxy) is 1. The molecule has 0 saturated heterocycles. The van der Waals surface area contributed by atoms with Gasteiger partial charge in [-0.1, -0.05) is 0 Å². The molecule has 1 amide bonds. The number of hydrogen-bond acceptors (Lipinski definition) is 6. The SMILES string of the molecule is CC(C)NC(=O)COc1ccc([N+](=O)[O-])cc1S(N)(=O)=O. The monoisotopic (exact) mass is 317 g/mol. The van der Waals surface area contributed by atoms with E-state index in [2.05, 4.69) is 5.32 Å². The van der Waals surface area contributed by atoms with Gasteiger partial charge in [-0.15, -0.1) is 0 Å². The second-order valence-electron chi connectivity index (χ2n) is 4.44. The number of benzene rings is 1. The molecule has 1 rings (SSSR count). The molecule has 0 bridgehead atoms. The first-order valence-electron chi connectivity index (χ1n) is 5.84. The Morgan fingerprint density at radius 2 is 2.10 bits per heavy atom. The van der Waals surface area contributed by atoms with Crippen molar-refractivity contribution in [2.24, 2.45) is 5.14 Å². The van der Waals surface area contributed by atoms with Gasteiger partial charge in [-0.05, 0) is 19.9 Å². The van der Waals surface area contributed by atoms with E-state index in [0.717, 1.165) is 18.2 Å². The van der Waals surface area contributed by atoms with Crippen molar-refractivity contribution in [3.8, 4) is 5.75 Å². The van der Waals surface area contributed by atoms with Gasteiger partial charge in [-0.3, -0.25) is 14.9 Å². The van der Waals surface area contributed by atoms with Crippen molar-refractivity contribution in [1.82, 2.24) is 5.32 Å². The number of nitrogens with two attached hydrogens (primary N) is 1. The molecule has 0 aliphatic carbocycles. The van der Waals surface area contributed by atoms with Crippen LogP contribution < -0.4 is 15.2 Å². The lowest BCUT2D eigenvalue weighted by Gasteiger charge is -2.11. The molecule has 0 unspecified atom stereocenters. The zero-order valence-corrected chi connectivity index (χ0v) is 12.2. The number of sulfonamides is 1. The molecular formula is C11H15N3O6S. The normalized spacial score (nSPS) is 11.2. The number of nitrogens with one attached hydrogen (secondary N) is 1. The Hall–Kier alpha value is -2.20. The van der Waals surface area contributed by atoms with Crippen LogP contribution in [0, 0.1) is 10.1 Å². The molecule has 9 nitrogen and oxygen atoms in total. The minimum absolute atomic E-state index is 0.101. The minimum Gasteiger partial charge on any atom is -0.482 e. The summed E-state index contributed by atoms with van der Waals surface area (Å²) >= 11 is 0. The van der Waals surface area contributed by atoms with Crippen LogP contribution in [0.5, 0.6) is 5.75 Å². The van der Waals surface area contributed by atoms with E-state index in [1.807, 2.05) is 0 Å². The zero-order chi connectivity index (χ0) is 16.2. The van der Waals surface area contributed by atoms with E-state index in [0.29, 0.717) is 0 Å². The number of amides is 1. The number of nitro benzene ring substituents is 1. The Morgan fingerprint density at radius 3 is 2.57 bits per heavy atom. The van der Waals surface area contributed by atoms with Crippen molar-refractivity contribution < 1.29 is 22.9 Å². The molecule has 1 aromatic rings. The smallest absolute Gasteiger partial charge is 0.271 e. The summed E-state index contributed by atoms with van der Waals surface area (Å²) in [6.07, 6.45) is 0. The lowest BCUT2D eigenvalue weighted by atomic mass is 10.3. The van der Waals surface area contributed by atoms with Crippen LogP contribution in [0.1, 0.15) is 13.8 Å². The summed E-state index contributed by atoms with van der Waals surface area (Å²) < 4.78 is 27.9. The van der Waals surface area contributed by atoms with Gasteiger partial charge in [0, 0.05) is 18.2 Å². The quantitative estimate of drug-likeness (QED) is 0.564. The van der Waals surface area contributed by atoms with E-state index in [4.69, 9.17) is 9.88 Å². The molecule has 0 atom stereocenters. The molecule has 3 N–H and O–H groups in total. The van der Waals surface area contributed by atoms with Gasteiger partial charge in [0.2, 0.25) is 10.0 Å². The summed E-state index contributed by atoms with van der Waals surface area (Å²) in [6, 6.07) is 2.83. The third kappa shape index (κ3) is 5.00. The van der Waals surface area contributed by atoms with E-state index in [1.54, 1.807) is 13.8 Å². The fourth-order valence-corrected chi connectivity index (χ4v) is 2.15. The van der Waals surface area contributed by atoms with Crippen LogP contribution in [0.25, 0.3) is 0 Å². The van der Waals surface area contributed by atoms with Gasteiger partial charge in [0.1, 0.15) is 10.6 Å². The average molecular weight is 317 g/mol. The molecule has 1 aromatic carbocycles. The van der Waals surface area contributed by atoms with Crippen LogP contribution in [0.2, 0.25) is 0 Å². The molecule has 0 aromatic heterocycles. The van der Waals surface area contributed by atoms with Crippen molar-refractivity contribution in [2.75, 3.05) is 6.61 Å². The van der Waals surface area contributed by atoms with Crippen LogP contribution in [-0.2, 0) is 14.8 Å². The number of non-ortho nitro benzene ring substituents is 1. The highest BCUT2D eigenvalue weighted by Gasteiger charge is 2.20. The van der Waals surface area contributed by atoms with Gasteiger partial charge in [0.15, 0.2) is 6.61 Å². The Morgan fingerprint density at radius 1 is 1.48 bits per heavy atom. The Kier molecular flexibility index (Phi) is 5.22. The Labute approximate surface area is 121 Å². The fourth-order valence-electron chi connectivity index (χ4n) is 1.46. The maximum absolute atomic E-state index is 11.4. The summed E-state index contributed by atoms with van der Waals surface area (Å²) in [5, 5.41) is 18.2. The van der Waals surface area contributed by atoms with Crippen molar-refractivity contribution >= 4 is 21.6 Å². The first kappa shape index (κ1) is 16.9. The largest absolute Gasteiger partial charge is 0.482 e. The molecule has 10 heteroatoms. The summed E-state index contributed by atoms with van der Waals surface area (Å²) in [6.45, 7) is 3.07. The lowest BCUT2D eigenvalue weighted by Crippen LogP contribution is -2.34. The molecule has 0 spiro atoms. The summed E-state index contributed by atoms with van der Waals surface area (Å²) in [4.78, 5) is 20.8. The zero-order valence-electron chi connectivity index (χ0n) is 11.4. The molecule has 0 radical (unpaired) electrons. The van der Waals surface area contributed by atoms with Gasteiger partial charge in [0.05, 0.1) is 4.92 Å². The molecule has 0 saturated carbocycles. The predicted molar refractivity (Wildman–Crippen MR) is 73.2 cm³/mol. The molecule has 0 fully saturated rings. The molecular weight excluding hydrogens is 302 g/mol. The summed E-state index contributed by atoms with van der Waals surface area (Å²) in [7, 11) is -4.22. The van der Waals surface area contributed by atoms with E-state index >= 15 is 0 Å². The third-order valence-corrected chi connectivity index (χ3v) is 3.19. The van der Waals surface area contributed by atoms with Gasteiger partial charge in [-0.2, -0.15) is 0 Å². The predicted octanol–water partition coefficient (Wildman–Crippen LogP) is 0.146. The van der Waals surface area contributed by atoms with Crippen LogP contribution in [0.4, 0.5) is 5.69 Å². The summed E-state index contributed by atoms with van der Waals surface area (Å²) in [5.41, 5.74) is -0.446. The number of nitrogens with zero attached hydrogens (tertiary/aromatic N) is 1. The van der Waals surface area contributed by atoms with E-state index in [1.165, 1.54) is 0 Å². The van der Waals surface area contributed by atoms with E-state index in [9.17, 15) is 23.3 Å². The van der Waals surface area contributed by atoms with Gasteiger partial charge >= 0.3 is 0 Å². The second-order valence-corrected chi connectivity index (χ2v) is 5.97. The minimum atomic E-state index is -4.22. The van der Waals surface area contributed by atoms with Crippen LogP contribution in [0.3, 0.4) is 0 Å². The van der Waals surface area contributed by atoms with Gasteiger partial charge < -0.3 is 10.1 Å².